The Balaban J connectivity index is 1.82. The van der Waals surface area contributed by atoms with Crippen LogP contribution >= 0.6 is 0 Å². The third kappa shape index (κ3) is 5.67. The molecule has 1 heterocycles. The maximum Gasteiger partial charge on any atom is 0.387 e. The van der Waals surface area contributed by atoms with Crippen molar-refractivity contribution in [2.45, 2.75) is 39.0 Å². The van der Waals surface area contributed by atoms with Crippen LogP contribution in [0.15, 0.2) is 29.3 Å². The quantitative estimate of drug-likeness (QED) is 0.595. The third-order valence-electron chi connectivity index (χ3n) is 3.98. The molecule has 1 aromatic rings. The number of likely N-dealkylation sites (N-methyl/N-ethyl adjacent to an activating group) is 1. The number of aliphatic imine (C=N–C) groups is 1. The molecule has 0 amide bonds. The molecule has 0 aliphatic carbocycles. The summed E-state index contributed by atoms with van der Waals surface area (Å²) in [4.78, 5) is 6.67. The number of benzene rings is 1. The summed E-state index contributed by atoms with van der Waals surface area (Å²) in [6.07, 6.45) is 2.38. The lowest BCUT2D eigenvalue weighted by molar-refractivity contribution is -0.0498. The number of ether oxygens (including phenoxy) is 1. The first-order chi connectivity index (χ1) is 11.1. The molecular weight excluding hydrogens is 302 g/mol. The summed E-state index contributed by atoms with van der Waals surface area (Å²) in [6.45, 7) is 2.61. The van der Waals surface area contributed by atoms with Crippen LogP contribution in [-0.2, 0) is 6.54 Å². The van der Waals surface area contributed by atoms with Crippen molar-refractivity contribution in [2.75, 3.05) is 19.6 Å². The molecule has 23 heavy (non-hydrogen) atoms. The van der Waals surface area contributed by atoms with Gasteiger partial charge in [-0.1, -0.05) is 19.1 Å². The first kappa shape index (κ1) is 17.5. The minimum absolute atomic E-state index is 0.128. The molecular formula is C16H24F2N4O. The molecule has 0 spiro atoms. The van der Waals surface area contributed by atoms with Gasteiger partial charge in [0.05, 0.1) is 6.54 Å². The van der Waals surface area contributed by atoms with Crippen molar-refractivity contribution >= 4 is 5.96 Å². The Morgan fingerprint density at radius 2 is 2.35 bits per heavy atom. The number of nitrogens with one attached hydrogen (secondary N) is 1. The molecule has 1 fully saturated rings. The van der Waals surface area contributed by atoms with Crippen molar-refractivity contribution in [1.29, 1.82) is 0 Å². The van der Waals surface area contributed by atoms with E-state index in [9.17, 15) is 8.78 Å². The van der Waals surface area contributed by atoms with Crippen molar-refractivity contribution in [1.82, 2.24) is 10.2 Å². The van der Waals surface area contributed by atoms with Crippen LogP contribution in [0.1, 0.15) is 25.3 Å². The zero-order valence-electron chi connectivity index (χ0n) is 13.3. The predicted octanol–water partition coefficient (Wildman–Crippen LogP) is 2.18. The molecule has 0 saturated carbocycles. The van der Waals surface area contributed by atoms with E-state index in [2.05, 4.69) is 26.9 Å². The van der Waals surface area contributed by atoms with Gasteiger partial charge in [0, 0.05) is 12.6 Å². The predicted molar refractivity (Wildman–Crippen MR) is 86.7 cm³/mol. The third-order valence-corrected chi connectivity index (χ3v) is 3.98. The van der Waals surface area contributed by atoms with Crippen LogP contribution in [0.5, 0.6) is 5.75 Å². The molecule has 0 radical (unpaired) electrons. The Morgan fingerprint density at radius 3 is 3.09 bits per heavy atom. The second-order valence-corrected chi connectivity index (χ2v) is 5.53. The van der Waals surface area contributed by atoms with E-state index in [0.29, 0.717) is 18.5 Å². The minimum Gasteiger partial charge on any atom is -0.435 e. The molecule has 1 atom stereocenters. The summed E-state index contributed by atoms with van der Waals surface area (Å²) in [5.74, 6) is 0.497. The van der Waals surface area contributed by atoms with Crippen molar-refractivity contribution in [3.05, 3.63) is 29.8 Å². The average molecular weight is 326 g/mol. The van der Waals surface area contributed by atoms with E-state index in [1.54, 1.807) is 18.2 Å². The molecule has 7 heteroatoms. The number of likely N-dealkylation sites (tertiary alicyclic amines) is 1. The van der Waals surface area contributed by atoms with E-state index in [-0.39, 0.29) is 5.75 Å². The number of guanidine groups is 1. The van der Waals surface area contributed by atoms with Crippen LogP contribution in [0.3, 0.4) is 0 Å². The molecule has 2 rings (SSSR count). The zero-order valence-corrected chi connectivity index (χ0v) is 13.3. The van der Waals surface area contributed by atoms with E-state index < -0.39 is 6.61 Å². The summed E-state index contributed by atoms with van der Waals surface area (Å²) in [5.41, 5.74) is 6.64. The summed E-state index contributed by atoms with van der Waals surface area (Å²) in [7, 11) is 0. The van der Waals surface area contributed by atoms with Crippen LogP contribution in [0.2, 0.25) is 0 Å². The minimum atomic E-state index is -2.83. The van der Waals surface area contributed by atoms with E-state index in [1.807, 2.05) is 0 Å². The monoisotopic (exact) mass is 326 g/mol. The van der Waals surface area contributed by atoms with E-state index in [0.717, 1.165) is 25.2 Å². The molecule has 0 bridgehead atoms. The average Bonchev–Trinajstić information content (AvgIpc) is 2.98. The summed E-state index contributed by atoms with van der Waals surface area (Å²) >= 11 is 0. The Morgan fingerprint density at radius 1 is 1.52 bits per heavy atom. The smallest absolute Gasteiger partial charge is 0.387 e. The number of alkyl halides is 2. The molecule has 1 unspecified atom stereocenters. The summed E-state index contributed by atoms with van der Waals surface area (Å²) in [6, 6.07) is 6.98. The fourth-order valence-electron chi connectivity index (χ4n) is 2.82. The van der Waals surface area contributed by atoms with Gasteiger partial charge in [-0.3, -0.25) is 4.90 Å². The van der Waals surface area contributed by atoms with Crippen LogP contribution in [-0.4, -0.2) is 43.1 Å². The summed E-state index contributed by atoms with van der Waals surface area (Å²) in [5, 5.41) is 3.14. The van der Waals surface area contributed by atoms with Crippen molar-refractivity contribution < 1.29 is 13.5 Å². The van der Waals surface area contributed by atoms with Gasteiger partial charge in [0.1, 0.15) is 5.75 Å². The van der Waals surface area contributed by atoms with Crippen LogP contribution in [0.25, 0.3) is 0 Å². The van der Waals surface area contributed by atoms with Crippen molar-refractivity contribution in [3.63, 3.8) is 0 Å². The van der Waals surface area contributed by atoms with Crippen LogP contribution < -0.4 is 15.8 Å². The second kappa shape index (κ2) is 8.67. The van der Waals surface area contributed by atoms with Gasteiger partial charge in [-0.05, 0) is 43.6 Å². The highest BCUT2D eigenvalue weighted by molar-refractivity contribution is 5.77. The Kier molecular flexibility index (Phi) is 6.58. The maximum atomic E-state index is 12.2. The van der Waals surface area contributed by atoms with Gasteiger partial charge in [-0.2, -0.15) is 8.78 Å². The number of hydrogen-bond acceptors (Lipinski definition) is 3. The second-order valence-electron chi connectivity index (χ2n) is 5.53. The van der Waals surface area contributed by atoms with Crippen LogP contribution in [0.4, 0.5) is 8.78 Å². The number of hydrogen-bond donors (Lipinski definition) is 2. The first-order valence-corrected chi connectivity index (χ1v) is 7.90. The highest BCUT2D eigenvalue weighted by atomic mass is 19.3. The lowest BCUT2D eigenvalue weighted by Crippen LogP contribution is -2.42. The molecule has 0 aromatic heterocycles. The fourth-order valence-corrected chi connectivity index (χ4v) is 2.82. The highest BCUT2D eigenvalue weighted by Crippen LogP contribution is 2.17. The van der Waals surface area contributed by atoms with Gasteiger partial charge in [0.2, 0.25) is 0 Å². The number of halogens is 2. The SMILES string of the molecule is CCN1CCCC1CNC(N)=NCc1cccc(OC(F)F)c1. The van der Waals surface area contributed by atoms with Crippen molar-refractivity contribution in [2.24, 2.45) is 10.7 Å². The first-order valence-electron chi connectivity index (χ1n) is 7.90. The highest BCUT2D eigenvalue weighted by Gasteiger charge is 2.22. The largest absolute Gasteiger partial charge is 0.435 e. The number of nitrogens with zero attached hydrogens (tertiary/aromatic N) is 2. The van der Waals surface area contributed by atoms with Gasteiger partial charge < -0.3 is 15.8 Å². The van der Waals surface area contributed by atoms with E-state index >= 15 is 0 Å². The van der Waals surface area contributed by atoms with Gasteiger partial charge in [0.15, 0.2) is 5.96 Å². The standard InChI is InChI=1S/C16H24F2N4O/c1-2-22-8-4-6-13(22)11-21-16(19)20-10-12-5-3-7-14(9-12)23-15(17)18/h3,5,7,9,13,15H,2,4,6,8,10-11H2,1H3,(H3,19,20,21). The fraction of sp³-hybridized carbons (Fsp3) is 0.562. The Labute approximate surface area is 135 Å². The number of nitrogens with two attached hydrogens (primary N) is 1. The summed E-state index contributed by atoms with van der Waals surface area (Å²) < 4.78 is 28.7. The van der Waals surface area contributed by atoms with Gasteiger partial charge in [-0.25, -0.2) is 4.99 Å². The van der Waals surface area contributed by atoms with Gasteiger partial charge >= 0.3 is 6.61 Å². The molecule has 1 aliphatic rings. The molecule has 1 aromatic carbocycles. The van der Waals surface area contributed by atoms with Gasteiger partial charge in [0.25, 0.3) is 0 Å². The molecule has 1 saturated heterocycles. The lowest BCUT2D eigenvalue weighted by Gasteiger charge is -2.23. The molecule has 128 valence electrons. The van der Waals surface area contributed by atoms with Crippen molar-refractivity contribution in [3.8, 4) is 5.75 Å². The Bertz CT molecular complexity index is 525. The lowest BCUT2D eigenvalue weighted by atomic mass is 10.2. The normalized spacial score (nSPS) is 19.3. The topological polar surface area (TPSA) is 62.9 Å². The van der Waals surface area contributed by atoms with Crippen LogP contribution in [0, 0.1) is 0 Å². The molecule has 1 aliphatic heterocycles. The zero-order chi connectivity index (χ0) is 16.7. The Hall–Kier alpha value is -1.89. The number of rotatable bonds is 7. The van der Waals surface area contributed by atoms with E-state index in [1.165, 1.54) is 18.9 Å². The molecule has 5 nitrogen and oxygen atoms in total. The molecule has 3 N–H and O–H groups in total. The van der Waals surface area contributed by atoms with E-state index in [4.69, 9.17) is 5.73 Å². The van der Waals surface area contributed by atoms with Gasteiger partial charge in [-0.15, -0.1) is 0 Å². The maximum absolute atomic E-state index is 12.2.